The first-order valence-electron chi connectivity index (χ1n) is 10.2. The molecular weight excluding hydrogens is 372 g/mol. The van der Waals surface area contributed by atoms with Gasteiger partial charge in [0.1, 0.15) is 5.76 Å². The minimum Gasteiger partial charge on any atom is -0.493 e. The Morgan fingerprint density at radius 1 is 1.45 bits per heavy atom. The maximum atomic E-state index is 12.2. The fourth-order valence-corrected chi connectivity index (χ4v) is 5.35. The molecule has 1 heterocycles. The molecule has 4 rings (SSSR count). The third kappa shape index (κ3) is 2.64. The highest BCUT2D eigenvalue weighted by Crippen LogP contribution is 2.62. The molecule has 29 heavy (non-hydrogen) atoms. The van der Waals surface area contributed by atoms with Crippen LogP contribution in [0.5, 0.6) is 11.5 Å². The molecule has 158 valence electrons. The number of nitrogens with zero attached hydrogens (tertiary/aromatic N) is 1. The van der Waals surface area contributed by atoms with Gasteiger partial charge in [-0.25, -0.2) is 0 Å². The zero-order valence-corrected chi connectivity index (χ0v) is 17.5. The molecule has 1 aromatic carbocycles. The van der Waals surface area contributed by atoms with Gasteiger partial charge in [0.05, 0.1) is 24.5 Å². The lowest BCUT2D eigenvalue weighted by Gasteiger charge is -2.56. The number of hydrogen-bond acceptors (Lipinski definition) is 7. The van der Waals surface area contributed by atoms with Crippen molar-refractivity contribution < 1.29 is 24.1 Å². The second-order valence-electron chi connectivity index (χ2n) is 8.37. The van der Waals surface area contributed by atoms with Crippen LogP contribution in [0.25, 0.3) is 0 Å². The summed E-state index contributed by atoms with van der Waals surface area (Å²) < 4.78 is 17.6. The van der Waals surface area contributed by atoms with Crippen molar-refractivity contribution in [3.05, 3.63) is 35.1 Å². The summed E-state index contributed by atoms with van der Waals surface area (Å²) in [5, 5.41) is 12.1. The maximum absolute atomic E-state index is 12.2. The minimum atomic E-state index is -1.07. The Morgan fingerprint density at radius 3 is 2.86 bits per heavy atom. The number of carbonyl (C=O) groups is 1. The Morgan fingerprint density at radius 2 is 2.21 bits per heavy atom. The number of hydrogen-bond donors (Lipinski definition) is 2. The summed E-state index contributed by atoms with van der Waals surface area (Å²) >= 11 is 0. The van der Waals surface area contributed by atoms with E-state index in [1.54, 1.807) is 13.2 Å². The van der Waals surface area contributed by atoms with Crippen molar-refractivity contribution in [2.75, 3.05) is 27.2 Å². The molecule has 0 unspecified atom stereocenters. The van der Waals surface area contributed by atoms with Crippen LogP contribution < -0.4 is 15.2 Å². The molecule has 0 spiro atoms. The fraction of sp³-hybridized carbons (Fsp3) is 0.591. The van der Waals surface area contributed by atoms with Crippen LogP contribution in [0, 0.1) is 0 Å². The Kier molecular flexibility index (Phi) is 4.88. The molecule has 3 N–H and O–H groups in total. The SMILES string of the molecule is CCN(C)[C@@H]1Cc2ccc(OC)c3c2[C@@]2(C)[C@@H](O3)C(OC(=O)CCN)=CC[C@@]12O. The smallest absolute Gasteiger partial charge is 0.312 e. The number of likely N-dealkylation sites (N-methyl/N-ethyl adjacent to an activating group) is 1. The van der Waals surface area contributed by atoms with Crippen molar-refractivity contribution in [1.82, 2.24) is 4.90 Å². The molecule has 2 aliphatic carbocycles. The van der Waals surface area contributed by atoms with E-state index in [9.17, 15) is 9.90 Å². The standard InChI is InChI=1S/C22H30N2O5/c1-5-24(3)16-12-13-6-7-14(27-4)19-18(13)21(2)20(29-19)15(8-10-22(16,21)26)28-17(25)9-11-23/h6-8,16,20,26H,5,9-12,23H2,1-4H3/t16-,20+,21+,22-/m1/s1. The predicted octanol–water partition coefficient (Wildman–Crippen LogP) is 1.50. The van der Waals surface area contributed by atoms with Gasteiger partial charge in [-0.3, -0.25) is 4.79 Å². The number of nitrogens with two attached hydrogens (primary N) is 1. The van der Waals surface area contributed by atoms with E-state index < -0.39 is 23.1 Å². The third-order valence-electron chi connectivity index (χ3n) is 7.05. The molecule has 0 fully saturated rings. The first-order valence-corrected chi connectivity index (χ1v) is 10.2. The molecule has 0 saturated carbocycles. The molecule has 1 aromatic rings. The summed E-state index contributed by atoms with van der Waals surface area (Å²) in [5.74, 6) is 1.31. The van der Waals surface area contributed by atoms with Gasteiger partial charge in [0.15, 0.2) is 17.6 Å². The summed E-state index contributed by atoms with van der Waals surface area (Å²) in [5.41, 5.74) is 5.75. The van der Waals surface area contributed by atoms with E-state index in [-0.39, 0.29) is 19.0 Å². The van der Waals surface area contributed by atoms with Gasteiger partial charge in [-0.2, -0.15) is 0 Å². The lowest BCUT2D eigenvalue weighted by Crippen LogP contribution is -2.69. The van der Waals surface area contributed by atoms with Crippen molar-refractivity contribution in [3.8, 4) is 11.5 Å². The Balaban J connectivity index is 1.88. The van der Waals surface area contributed by atoms with Crippen molar-refractivity contribution in [1.29, 1.82) is 0 Å². The first-order chi connectivity index (χ1) is 13.8. The van der Waals surface area contributed by atoms with Crippen LogP contribution in [0.15, 0.2) is 24.0 Å². The second kappa shape index (κ2) is 7.00. The molecule has 3 aliphatic rings. The number of rotatable bonds is 6. The van der Waals surface area contributed by atoms with E-state index in [0.717, 1.165) is 24.1 Å². The van der Waals surface area contributed by atoms with Crippen LogP contribution in [0.2, 0.25) is 0 Å². The Bertz CT molecular complexity index is 869. The van der Waals surface area contributed by atoms with Crippen LogP contribution in [0.3, 0.4) is 0 Å². The van der Waals surface area contributed by atoms with Gasteiger partial charge in [0.25, 0.3) is 0 Å². The Labute approximate surface area is 171 Å². The van der Waals surface area contributed by atoms with Crippen molar-refractivity contribution >= 4 is 5.97 Å². The minimum absolute atomic E-state index is 0.0898. The largest absolute Gasteiger partial charge is 0.493 e. The Hall–Kier alpha value is -2.09. The average Bonchev–Trinajstić information content (AvgIpc) is 3.03. The van der Waals surface area contributed by atoms with Crippen LogP contribution >= 0.6 is 0 Å². The number of methoxy groups -OCH3 is 1. The average molecular weight is 402 g/mol. The topological polar surface area (TPSA) is 94.2 Å². The van der Waals surface area contributed by atoms with Crippen molar-refractivity contribution in [2.45, 2.75) is 56.3 Å². The highest BCUT2D eigenvalue weighted by atomic mass is 16.6. The molecule has 0 saturated heterocycles. The van der Waals surface area contributed by atoms with Crippen molar-refractivity contribution in [3.63, 3.8) is 0 Å². The highest BCUT2D eigenvalue weighted by Gasteiger charge is 2.68. The highest BCUT2D eigenvalue weighted by molar-refractivity contribution is 5.72. The molecular formula is C22H30N2O5. The molecule has 0 radical (unpaired) electrons. The molecule has 0 bridgehead atoms. The van der Waals surface area contributed by atoms with E-state index >= 15 is 0 Å². The summed E-state index contributed by atoms with van der Waals surface area (Å²) in [7, 11) is 3.64. The monoisotopic (exact) mass is 402 g/mol. The van der Waals surface area contributed by atoms with Crippen LogP contribution in [0.4, 0.5) is 0 Å². The molecule has 0 amide bonds. The fourth-order valence-electron chi connectivity index (χ4n) is 5.35. The quantitative estimate of drug-likeness (QED) is 0.697. The third-order valence-corrected chi connectivity index (χ3v) is 7.05. The maximum Gasteiger partial charge on any atom is 0.312 e. The zero-order chi connectivity index (χ0) is 21.0. The zero-order valence-electron chi connectivity index (χ0n) is 17.5. The van der Waals surface area contributed by atoms with Crippen LogP contribution in [-0.4, -0.2) is 61.0 Å². The van der Waals surface area contributed by atoms with Gasteiger partial charge in [0, 0.05) is 24.6 Å². The summed E-state index contributed by atoms with van der Waals surface area (Å²) in [6.45, 7) is 5.14. The van der Waals surface area contributed by atoms with Gasteiger partial charge < -0.3 is 30.0 Å². The lowest BCUT2D eigenvalue weighted by atomic mass is 9.54. The van der Waals surface area contributed by atoms with Gasteiger partial charge in [0.2, 0.25) is 0 Å². The number of aliphatic hydroxyl groups is 1. The summed E-state index contributed by atoms with van der Waals surface area (Å²) in [6.07, 6.45) is 2.42. The number of ether oxygens (including phenoxy) is 3. The summed E-state index contributed by atoms with van der Waals surface area (Å²) in [6, 6.07) is 3.88. The number of esters is 1. The second-order valence-corrected chi connectivity index (χ2v) is 8.37. The lowest BCUT2D eigenvalue weighted by molar-refractivity contribution is -0.149. The van der Waals surface area contributed by atoms with Gasteiger partial charge in [-0.05, 0) is 44.6 Å². The van der Waals surface area contributed by atoms with E-state index in [1.165, 1.54) is 0 Å². The van der Waals surface area contributed by atoms with Crippen molar-refractivity contribution in [2.24, 2.45) is 5.73 Å². The normalized spacial score (nSPS) is 31.8. The van der Waals surface area contributed by atoms with E-state index in [4.69, 9.17) is 19.9 Å². The summed E-state index contributed by atoms with van der Waals surface area (Å²) in [4.78, 5) is 14.4. The number of benzene rings is 1. The van der Waals surface area contributed by atoms with E-state index in [2.05, 4.69) is 17.9 Å². The molecule has 4 atom stereocenters. The van der Waals surface area contributed by atoms with Crippen LogP contribution in [0.1, 0.15) is 37.8 Å². The van der Waals surface area contributed by atoms with Crippen LogP contribution in [-0.2, 0) is 21.4 Å². The molecule has 7 nitrogen and oxygen atoms in total. The molecule has 7 heteroatoms. The van der Waals surface area contributed by atoms with E-state index in [1.807, 2.05) is 20.0 Å². The van der Waals surface area contributed by atoms with Gasteiger partial charge in [-0.1, -0.05) is 13.0 Å². The molecule has 0 aromatic heterocycles. The van der Waals surface area contributed by atoms with Gasteiger partial charge in [-0.15, -0.1) is 0 Å². The van der Waals surface area contributed by atoms with E-state index in [0.29, 0.717) is 23.7 Å². The molecule has 1 aliphatic heterocycles. The number of carbonyl (C=O) groups excluding carboxylic acids is 1. The first kappa shape index (κ1) is 20.2. The predicted molar refractivity (Wildman–Crippen MR) is 108 cm³/mol. The van der Waals surface area contributed by atoms with Gasteiger partial charge >= 0.3 is 5.97 Å².